The molecule has 9 heteroatoms. The monoisotopic (exact) mass is 451 g/mol. The van der Waals surface area contributed by atoms with Crippen LogP contribution < -0.4 is 10.3 Å². The molecule has 1 saturated carbocycles. The molecular formula is C25H21N7O2. The minimum atomic E-state index is -0.276. The molecule has 1 fully saturated rings. The summed E-state index contributed by atoms with van der Waals surface area (Å²) < 4.78 is 10.3. The first-order valence-electron chi connectivity index (χ1n) is 11.1. The van der Waals surface area contributed by atoms with Crippen molar-refractivity contribution in [2.75, 3.05) is 7.11 Å². The smallest absolute Gasteiger partial charge is 0.281 e. The summed E-state index contributed by atoms with van der Waals surface area (Å²) in [5.41, 5.74) is 3.88. The minimum absolute atomic E-state index is 0.276. The quantitative estimate of drug-likeness (QED) is 0.406. The number of hydrogen-bond donors (Lipinski definition) is 0. The van der Waals surface area contributed by atoms with E-state index in [1.165, 1.54) is 4.68 Å². The van der Waals surface area contributed by atoms with Gasteiger partial charge < -0.3 is 9.30 Å². The van der Waals surface area contributed by atoms with Crippen LogP contribution >= 0.6 is 0 Å². The Morgan fingerprint density at radius 3 is 2.74 bits per heavy atom. The number of nitrogens with zero attached hydrogens (tertiary/aromatic N) is 7. The molecule has 5 aromatic rings. The first-order chi connectivity index (χ1) is 16.6. The Morgan fingerprint density at radius 2 is 2.03 bits per heavy atom. The second kappa shape index (κ2) is 7.56. The van der Waals surface area contributed by atoms with Crippen molar-refractivity contribution < 1.29 is 4.74 Å². The van der Waals surface area contributed by atoms with Gasteiger partial charge in [0.15, 0.2) is 0 Å². The average Bonchev–Trinajstić information content (AvgIpc) is 3.49. The Kier molecular flexibility index (Phi) is 4.48. The van der Waals surface area contributed by atoms with Crippen LogP contribution in [0.5, 0.6) is 5.88 Å². The predicted molar refractivity (Wildman–Crippen MR) is 127 cm³/mol. The van der Waals surface area contributed by atoms with Gasteiger partial charge in [0.1, 0.15) is 11.6 Å². The Hall–Kier alpha value is -4.45. The predicted octanol–water partition coefficient (Wildman–Crippen LogP) is 3.43. The summed E-state index contributed by atoms with van der Waals surface area (Å²) in [6.45, 7) is 0.752. The fourth-order valence-electron chi connectivity index (χ4n) is 4.42. The Morgan fingerprint density at radius 1 is 1.18 bits per heavy atom. The lowest BCUT2D eigenvalue weighted by Gasteiger charge is -2.12. The normalized spacial score (nSPS) is 13.4. The van der Waals surface area contributed by atoms with E-state index in [0.717, 1.165) is 30.3 Å². The molecule has 0 N–H and O–H groups in total. The minimum Gasteiger partial charge on any atom is -0.481 e. The van der Waals surface area contributed by atoms with Crippen molar-refractivity contribution in [1.29, 1.82) is 5.26 Å². The molecule has 168 valence electrons. The van der Waals surface area contributed by atoms with Gasteiger partial charge in [0.2, 0.25) is 5.88 Å². The summed E-state index contributed by atoms with van der Waals surface area (Å²) in [5, 5.41) is 19.9. The van der Waals surface area contributed by atoms with Crippen LogP contribution in [0.4, 0.5) is 0 Å². The van der Waals surface area contributed by atoms with Crippen LogP contribution in [-0.4, -0.2) is 36.2 Å². The third-order valence-corrected chi connectivity index (χ3v) is 6.25. The molecule has 1 aromatic carbocycles. The molecule has 0 atom stereocenters. The van der Waals surface area contributed by atoms with E-state index in [9.17, 15) is 10.1 Å². The number of nitriles is 1. The first-order valence-corrected chi connectivity index (χ1v) is 11.1. The number of benzene rings is 1. The van der Waals surface area contributed by atoms with E-state index in [2.05, 4.69) is 21.3 Å². The summed E-state index contributed by atoms with van der Waals surface area (Å²) in [6.07, 6.45) is 7.63. The fourth-order valence-corrected chi connectivity index (χ4v) is 4.42. The third kappa shape index (κ3) is 3.23. The van der Waals surface area contributed by atoms with Crippen LogP contribution in [0.1, 0.15) is 18.4 Å². The van der Waals surface area contributed by atoms with Crippen molar-refractivity contribution in [3.8, 4) is 28.8 Å². The molecule has 4 aromatic heterocycles. The molecular weight excluding hydrogens is 430 g/mol. The highest BCUT2D eigenvalue weighted by Gasteiger charge is 2.26. The van der Waals surface area contributed by atoms with Crippen molar-refractivity contribution in [2.24, 2.45) is 13.0 Å². The number of pyridine rings is 1. The number of aromatic nitrogens is 6. The number of hydrogen-bond acceptors (Lipinski definition) is 6. The van der Waals surface area contributed by atoms with Gasteiger partial charge in [-0.25, -0.2) is 4.98 Å². The van der Waals surface area contributed by atoms with Crippen molar-refractivity contribution in [3.63, 3.8) is 0 Å². The molecule has 0 bridgehead atoms. The van der Waals surface area contributed by atoms with Crippen LogP contribution in [0.3, 0.4) is 0 Å². The molecule has 1 aliphatic rings. The molecule has 4 heterocycles. The van der Waals surface area contributed by atoms with Crippen LogP contribution in [-0.2, 0) is 13.6 Å². The second-order valence-electron chi connectivity index (χ2n) is 8.67. The van der Waals surface area contributed by atoms with Crippen LogP contribution in [0.2, 0.25) is 0 Å². The largest absolute Gasteiger partial charge is 0.481 e. The summed E-state index contributed by atoms with van der Waals surface area (Å²) >= 11 is 0. The molecule has 34 heavy (non-hydrogen) atoms. The maximum absolute atomic E-state index is 14.0. The van der Waals surface area contributed by atoms with Gasteiger partial charge >= 0.3 is 0 Å². The number of aryl methyl sites for hydroxylation is 1. The lowest BCUT2D eigenvalue weighted by Crippen LogP contribution is -2.24. The lowest BCUT2D eigenvalue weighted by atomic mass is 10.1. The molecule has 0 unspecified atom stereocenters. The maximum atomic E-state index is 14.0. The van der Waals surface area contributed by atoms with E-state index < -0.39 is 0 Å². The van der Waals surface area contributed by atoms with Gasteiger partial charge in [-0.2, -0.15) is 20.1 Å². The van der Waals surface area contributed by atoms with Gasteiger partial charge in [-0.05, 0) is 43.0 Å². The lowest BCUT2D eigenvalue weighted by molar-refractivity contribution is 0.398. The second-order valence-corrected chi connectivity index (χ2v) is 8.67. The van der Waals surface area contributed by atoms with E-state index in [4.69, 9.17) is 4.74 Å². The molecule has 0 radical (unpaired) electrons. The highest BCUT2D eigenvalue weighted by Crippen LogP contribution is 2.35. The SMILES string of the molecule is COc1ccc(-c2c(=O)n(-c3ccc4nn(C)cc4c3)nc3c(C#N)cn(CC4CC4)c23)cn1. The summed E-state index contributed by atoms with van der Waals surface area (Å²) in [5.74, 6) is 1.02. The van der Waals surface area contributed by atoms with E-state index >= 15 is 0 Å². The molecule has 0 saturated heterocycles. The van der Waals surface area contributed by atoms with Crippen molar-refractivity contribution in [1.82, 2.24) is 29.1 Å². The zero-order valence-electron chi connectivity index (χ0n) is 18.8. The van der Waals surface area contributed by atoms with Crippen LogP contribution in [0, 0.1) is 17.2 Å². The van der Waals surface area contributed by atoms with Crippen molar-refractivity contribution >= 4 is 21.9 Å². The maximum Gasteiger partial charge on any atom is 0.281 e. The molecule has 9 nitrogen and oxygen atoms in total. The number of rotatable bonds is 5. The van der Waals surface area contributed by atoms with Gasteiger partial charge in [0, 0.05) is 49.2 Å². The summed E-state index contributed by atoms with van der Waals surface area (Å²) in [7, 11) is 3.40. The Balaban J connectivity index is 1.66. The standard InChI is InChI=1S/C25H21N7O2/c1-30-13-17-9-19(6-7-20(17)28-30)32-25(33)22(16-5-8-21(34-2)27-11-16)24-23(29-32)18(10-26)14-31(24)12-15-3-4-15/h5-9,11,13-15H,3-4,12H2,1-2H3. The fraction of sp³-hybridized carbons (Fsp3) is 0.240. The average molecular weight is 451 g/mol. The Labute approximate surface area is 194 Å². The van der Waals surface area contributed by atoms with E-state index in [0.29, 0.717) is 45.2 Å². The summed E-state index contributed by atoms with van der Waals surface area (Å²) in [4.78, 5) is 18.3. The van der Waals surface area contributed by atoms with Crippen LogP contribution in [0.25, 0.3) is 38.8 Å². The topological polar surface area (TPSA) is 104 Å². The van der Waals surface area contributed by atoms with Gasteiger partial charge in [0.25, 0.3) is 5.56 Å². The first kappa shape index (κ1) is 20.2. The number of ether oxygens (including phenoxy) is 1. The number of fused-ring (bicyclic) bond motifs is 2. The zero-order valence-corrected chi connectivity index (χ0v) is 18.8. The van der Waals surface area contributed by atoms with Crippen molar-refractivity contribution in [3.05, 3.63) is 64.8 Å². The van der Waals surface area contributed by atoms with Crippen LogP contribution in [0.15, 0.2) is 53.7 Å². The molecule has 0 aliphatic heterocycles. The molecule has 1 aliphatic carbocycles. The molecule has 6 rings (SSSR count). The van der Waals surface area contributed by atoms with Crippen molar-refractivity contribution in [2.45, 2.75) is 19.4 Å². The van der Waals surface area contributed by atoms with Gasteiger partial charge in [-0.1, -0.05) is 0 Å². The zero-order chi connectivity index (χ0) is 23.4. The molecule has 0 amide bonds. The highest BCUT2D eigenvalue weighted by molar-refractivity contribution is 5.95. The molecule has 0 spiro atoms. The highest BCUT2D eigenvalue weighted by atomic mass is 16.5. The Bertz CT molecular complexity index is 1660. The van der Waals surface area contributed by atoms with Gasteiger partial charge in [0.05, 0.1) is 35.0 Å². The van der Waals surface area contributed by atoms with Gasteiger partial charge in [-0.3, -0.25) is 9.48 Å². The van der Waals surface area contributed by atoms with Gasteiger partial charge in [-0.15, -0.1) is 0 Å². The summed E-state index contributed by atoms with van der Waals surface area (Å²) in [6, 6.07) is 11.4. The number of methoxy groups -OCH3 is 1. The van der Waals surface area contributed by atoms with E-state index in [1.54, 1.807) is 24.1 Å². The van der Waals surface area contributed by atoms with E-state index in [1.807, 2.05) is 48.3 Å². The van der Waals surface area contributed by atoms with E-state index in [-0.39, 0.29) is 5.56 Å². The third-order valence-electron chi connectivity index (χ3n) is 6.25.